The third-order valence-corrected chi connectivity index (χ3v) is 3.60. The molecule has 96 valence electrons. The van der Waals surface area contributed by atoms with Crippen LogP contribution in [0.25, 0.3) is 0 Å². The number of carbonyl (C=O) groups is 1. The van der Waals surface area contributed by atoms with E-state index < -0.39 is 21.7 Å². The van der Waals surface area contributed by atoms with Gasteiger partial charge in [0.05, 0.1) is 7.11 Å². The van der Waals surface area contributed by atoms with Gasteiger partial charge in [0.2, 0.25) is 0 Å². The lowest BCUT2D eigenvalue weighted by Crippen LogP contribution is -2.50. The van der Waals surface area contributed by atoms with Gasteiger partial charge in [-0.05, 0) is 20.8 Å². The van der Waals surface area contributed by atoms with Gasteiger partial charge in [-0.15, -0.1) is 0 Å². The van der Waals surface area contributed by atoms with E-state index in [-0.39, 0.29) is 13.1 Å². The highest BCUT2D eigenvalue weighted by atomic mass is 32.2. The summed E-state index contributed by atoms with van der Waals surface area (Å²) in [7, 11) is -2.43. The molecule has 0 bridgehead atoms. The van der Waals surface area contributed by atoms with Crippen molar-refractivity contribution in [3.05, 3.63) is 0 Å². The van der Waals surface area contributed by atoms with Crippen LogP contribution >= 0.6 is 0 Å². The number of methoxy groups -OCH3 is 1. The number of nitrogens with one attached hydrogen (secondary N) is 1. The molecule has 0 aliphatic heterocycles. The van der Waals surface area contributed by atoms with Crippen LogP contribution in [0.15, 0.2) is 0 Å². The van der Waals surface area contributed by atoms with Gasteiger partial charge in [0.15, 0.2) is 0 Å². The standard InChI is InChI=1S/C9H20N2O4S/c1-6-11(7-8(12)15-5)16(13,14)10-9(2,3)4/h10H,6-7H2,1-5H3. The minimum Gasteiger partial charge on any atom is -0.468 e. The van der Waals surface area contributed by atoms with Gasteiger partial charge in [0, 0.05) is 12.1 Å². The number of nitrogens with zero attached hydrogens (tertiary/aromatic N) is 1. The van der Waals surface area contributed by atoms with Crippen molar-refractivity contribution in [3.63, 3.8) is 0 Å². The molecular formula is C9H20N2O4S. The average molecular weight is 252 g/mol. The van der Waals surface area contributed by atoms with Gasteiger partial charge in [-0.2, -0.15) is 17.4 Å². The Hall–Kier alpha value is -0.660. The molecule has 1 N–H and O–H groups in total. The Morgan fingerprint density at radius 1 is 1.38 bits per heavy atom. The van der Waals surface area contributed by atoms with Gasteiger partial charge in [0.1, 0.15) is 6.54 Å². The molecule has 0 aliphatic rings. The molecule has 16 heavy (non-hydrogen) atoms. The van der Waals surface area contributed by atoms with E-state index in [2.05, 4.69) is 9.46 Å². The van der Waals surface area contributed by atoms with Crippen LogP contribution in [0.1, 0.15) is 27.7 Å². The molecule has 0 fully saturated rings. The van der Waals surface area contributed by atoms with Crippen molar-refractivity contribution in [2.75, 3.05) is 20.2 Å². The maximum absolute atomic E-state index is 11.8. The molecule has 0 saturated carbocycles. The fourth-order valence-corrected chi connectivity index (χ4v) is 2.55. The van der Waals surface area contributed by atoms with Crippen LogP contribution in [0.4, 0.5) is 0 Å². The maximum Gasteiger partial charge on any atom is 0.321 e. The molecular weight excluding hydrogens is 232 g/mol. The number of carbonyl (C=O) groups excluding carboxylic acids is 1. The first-order chi connectivity index (χ1) is 7.12. The zero-order valence-electron chi connectivity index (χ0n) is 10.4. The predicted octanol–water partition coefficient (Wildman–Crippen LogP) is 0.114. The lowest BCUT2D eigenvalue weighted by atomic mass is 10.1. The van der Waals surface area contributed by atoms with Gasteiger partial charge in [-0.25, -0.2) is 0 Å². The molecule has 0 rings (SSSR count). The largest absolute Gasteiger partial charge is 0.468 e. The van der Waals surface area contributed by atoms with Crippen LogP contribution in [-0.2, 0) is 19.7 Å². The first-order valence-corrected chi connectivity index (χ1v) is 6.42. The summed E-state index contributed by atoms with van der Waals surface area (Å²) in [5, 5.41) is 0. The molecule has 0 atom stereocenters. The third-order valence-electron chi connectivity index (χ3n) is 1.66. The Labute approximate surface area is 97.1 Å². The minimum absolute atomic E-state index is 0.209. The van der Waals surface area contributed by atoms with Crippen molar-refractivity contribution < 1.29 is 17.9 Å². The molecule has 0 aromatic carbocycles. The highest BCUT2D eigenvalue weighted by molar-refractivity contribution is 7.87. The second-order valence-corrected chi connectivity index (χ2v) is 6.03. The van der Waals surface area contributed by atoms with E-state index in [0.717, 1.165) is 4.31 Å². The first-order valence-electron chi connectivity index (χ1n) is 4.98. The zero-order valence-corrected chi connectivity index (χ0v) is 11.2. The van der Waals surface area contributed by atoms with Crippen molar-refractivity contribution in [1.29, 1.82) is 0 Å². The molecule has 0 radical (unpaired) electrons. The second kappa shape index (κ2) is 5.60. The van der Waals surface area contributed by atoms with Crippen molar-refractivity contribution in [2.24, 2.45) is 0 Å². The Morgan fingerprint density at radius 3 is 2.19 bits per heavy atom. The van der Waals surface area contributed by atoms with Gasteiger partial charge in [0.25, 0.3) is 10.2 Å². The molecule has 0 aliphatic carbocycles. The van der Waals surface area contributed by atoms with Gasteiger partial charge >= 0.3 is 5.97 Å². The van der Waals surface area contributed by atoms with Crippen LogP contribution in [0.5, 0.6) is 0 Å². The molecule has 0 aromatic rings. The number of hydrogen-bond acceptors (Lipinski definition) is 4. The number of hydrogen-bond donors (Lipinski definition) is 1. The summed E-state index contributed by atoms with van der Waals surface area (Å²) in [6, 6.07) is 0. The Balaban J connectivity index is 4.75. The van der Waals surface area contributed by atoms with E-state index in [4.69, 9.17) is 0 Å². The molecule has 0 saturated heterocycles. The van der Waals surface area contributed by atoms with Crippen molar-refractivity contribution >= 4 is 16.2 Å². The number of ether oxygens (including phenoxy) is 1. The fraction of sp³-hybridized carbons (Fsp3) is 0.889. The summed E-state index contributed by atoms with van der Waals surface area (Å²) >= 11 is 0. The number of rotatable bonds is 5. The predicted molar refractivity (Wildman–Crippen MR) is 61.1 cm³/mol. The Morgan fingerprint density at radius 2 is 1.88 bits per heavy atom. The average Bonchev–Trinajstić information content (AvgIpc) is 2.09. The molecule has 7 heteroatoms. The summed E-state index contributed by atoms with van der Waals surface area (Å²) in [5.41, 5.74) is -0.581. The zero-order chi connectivity index (χ0) is 13.0. The lowest BCUT2D eigenvalue weighted by molar-refractivity contribution is -0.140. The van der Waals surface area contributed by atoms with Crippen LogP contribution in [0.2, 0.25) is 0 Å². The summed E-state index contributed by atoms with van der Waals surface area (Å²) in [6.45, 7) is 6.79. The van der Waals surface area contributed by atoms with Crippen molar-refractivity contribution in [2.45, 2.75) is 33.2 Å². The first kappa shape index (κ1) is 15.3. The highest BCUT2D eigenvalue weighted by Crippen LogP contribution is 2.06. The molecule has 0 aromatic heterocycles. The molecule has 0 unspecified atom stereocenters. The van der Waals surface area contributed by atoms with E-state index in [1.54, 1.807) is 27.7 Å². The SMILES string of the molecule is CCN(CC(=O)OC)S(=O)(=O)NC(C)(C)C. The number of likely N-dealkylation sites (N-methyl/N-ethyl adjacent to an activating group) is 1. The monoisotopic (exact) mass is 252 g/mol. The van der Waals surface area contributed by atoms with E-state index in [0.29, 0.717) is 0 Å². The molecule has 0 spiro atoms. The summed E-state index contributed by atoms with van der Waals surface area (Å²) in [4.78, 5) is 11.0. The summed E-state index contributed by atoms with van der Waals surface area (Å²) in [5.74, 6) is -0.582. The quantitative estimate of drug-likeness (QED) is 0.705. The molecule has 6 nitrogen and oxygen atoms in total. The summed E-state index contributed by atoms with van der Waals surface area (Å²) < 4.78 is 31.6. The van der Waals surface area contributed by atoms with Crippen molar-refractivity contribution in [3.8, 4) is 0 Å². The Bertz CT molecular complexity index is 332. The van der Waals surface area contributed by atoms with E-state index >= 15 is 0 Å². The summed E-state index contributed by atoms with van der Waals surface area (Å²) in [6.07, 6.45) is 0. The van der Waals surface area contributed by atoms with E-state index in [1.807, 2.05) is 0 Å². The topological polar surface area (TPSA) is 75.7 Å². The fourth-order valence-electron chi connectivity index (χ4n) is 1.03. The lowest BCUT2D eigenvalue weighted by Gasteiger charge is -2.26. The smallest absolute Gasteiger partial charge is 0.321 e. The highest BCUT2D eigenvalue weighted by Gasteiger charge is 2.27. The van der Waals surface area contributed by atoms with Crippen LogP contribution in [0, 0.1) is 0 Å². The minimum atomic E-state index is -3.65. The van der Waals surface area contributed by atoms with Crippen molar-refractivity contribution in [1.82, 2.24) is 9.03 Å². The van der Waals surface area contributed by atoms with E-state index in [1.165, 1.54) is 7.11 Å². The van der Waals surface area contributed by atoms with Crippen LogP contribution < -0.4 is 4.72 Å². The van der Waals surface area contributed by atoms with Gasteiger partial charge in [-0.3, -0.25) is 4.79 Å². The Kier molecular flexibility index (Phi) is 5.37. The van der Waals surface area contributed by atoms with E-state index in [9.17, 15) is 13.2 Å². The third kappa shape index (κ3) is 5.43. The molecule has 0 amide bonds. The normalized spacial score (nSPS) is 12.9. The van der Waals surface area contributed by atoms with Gasteiger partial charge < -0.3 is 4.74 Å². The number of esters is 1. The molecule has 0 heterocycles. The maximum atomic E-state index is 11.8. The van der Waals surface area contributed by atoms with Gasteiger partial charge in [-0.1, -0.05) is 6.92 Å². The van der Waals surface area contributed by atoms with Crippen LogP contribution in [-0.4, -0.2) is 44.4 Å². The van der Waals surface area contributed by atoms with Crippen LogP contribution in [0.3, 0.4) is 0 Å². The second-order valence-electron chi connectivity index (χ2n) is 4.36.